The fraction of sp³-hybridized carbons (Fsp3) is 0.529. The number of halogens is 1. The zero-order chi connectivity index (χ0) is 17.7. The number of amides is 1. The highest BCUT2D eigenvalue weighted by Gasteiger charge is 2.30. The minimum atomic E-state index is -0.313. The number of benzene rings is 1. The molecular weight excluding hydrogens is 332 g/mol. The van der Waals surface area contributed by atoms with Crippen LogP contribution in [0.5, 0.6) is 5.75 Å². The van der Waals surface area contributed by atoms with Crippen molar-refractivity contribution in [3.05, 3.63) is 23.2 Å². The van der Waals surface area contributed by atoms with E-state index in [0.29, 0.717) is 42.4 Å². The molecule has 1 N–H and O–H groups in total. The second kappa shape index (κ2) is 8.35. The van der Waals surface area contributed by atoms with Crippen LogP contribution in [0, 0.1) is 5.92 Å². The molecule has 1 aliphatic rings. The first kappa shape index (κ1) is 18.5. The summed E-state index contributed by atoms with van der Waals surface area (Å²) in [5, 5.41) is 3.39. The Hall–Kier alpha value is -1.79. The Labute approximate surface area is 147 Å². The normalized spacial score (nSPS) is 17.2. The maximum atomic E-state index is 12.5. The van der Waals surface area contributed by atoms with Crippen LogP contribution in [0.15, 0.2) is 18.2 Å². The molecule has 0 bridgehead atoms. The van der Waals surface area contributed by atoms with Gasteiger partial charge in [-0.15, -0.1) is 0 Å². The van der Waals surface area contributed by atoms with Crippen LogP contribution >= 0.6 is 11.6 Å². The molecule has 24 heavy (non-hydrogen) atoms. The topological polar surface area (TPSA) is 67.9 Å². The fourth-order valence-corrected chi connectivity index (χ4v) is 3.04. The molecule has 0 aromatic heterocycles. The van der Waals surface area contributed by atoms with Crippen LogP contribution in [0.2, 0.25) is 5.02 Å². The van der Waals surface area contributed by atoms with Gasteiger partial charge in [-0.3, -0.25) is 14.5 Å². The number of esters is 1. The molecule has 0 spiro atoms. The van der Waals surface area contributed by atoms with Crippen LogP contribution in [-0.4, -0.2) is 50.1 Å². The summed E-state index contributed by atoms with van der Waals surface area (Å²) in [4.78, 5) is 26.2. The van der Waals surface area contributed by atoms with Gasteiger partial charge in [0.1, 0.15) is 5.75 Å². The lowest BCUT2D eigenvalue weighted by molar-refractivity contribution is -0.147. The first-order valence-electron chi connectivity index (χ1n) is 7.92. The van der Waals surface area contributed by atoms with Crippen LogP contribution in [0.3, 0.4) is 0 Å². The zero-order valence-corrected chi connectivity index (χ0v) is 14.9. The number of anilines is 1. The van der Waals surface area contributed by atoms with E-state index in [4.69, 9.17) is 21.1 Å². The summed E-state index contributed by atoms with van der Waals surface area (Å²) in [7, 11) is 2.95. The first-order chi connectivity index (χ1) is 11.5. The summed E-state index contributed by atoms with van der Waals surface area (Å²) >= 11 is 5.98. The van der Waals surface area contributed by atoms with Crippen molar-refractivity contribution in [1.29, 1.82) is 0 Å². The number of carbonyl (C=O) groups is 2. The van der Waals surface area contributed by atoms with Crippen LogP contribution in [0.4, 0.5) is 5.69 Å². The van der Waals surface area contributed by atoms with Crippen molar-refractivity contribution in [2.45, 2.75) is 25.8 Å². The van der Waals surface area contributed by atoms with E-state index in [2.05, 4.69) is 10.2 Å². The van der Waals surface area contributed by atoms with Crippen molar-refractivity contribution >= 4 is 29.2 Å². The summed E-state index contributed by atoms with van der Waals surface area (Å²) in [6, 6.07) is 4.77. The first-order valence-corrected chi connectivity index (χ1v) is 8.30. The SMILES string of the molecule is COC(=O)C1CCN(C(C)C(=O)Nc2cc(Cl)ccc2OC)CC1. The molecule has 7 heteroatoms. The molecule has 132 valence electrons. The van der Waals surface area contributed by atoms with E-state index in [-0.39, 0.29) is 23.8 Å². The molecule has 1 aromatic carbocycles. The van der Waals surface area contributed by atoms with E-state index in [9.17, 15) is 9.59 Å². The van der Waals surface area contributed by atoms with Gasteiger partial charge in [-0.05, 0) is 51.1 Å². The third-order valence-corrected chi connectivity index (χ3v) is 4.65. The summed E-state index contributed by atoms with van der Waals surface area (Å²) < 4.78 is 10.0. The highest BCUT2D eigenvalue weighted by Crippen LogP contribution is 2.28. The Morgan fingerprint density at radius 1 is 1.29 bits per heavy atom. The van der Waals surface area contributed by atoms with Crippen LogP contribution in [-0.2, 0) is 14.3 Å². The molecule has 1 saturated heterocycles. The van der Waals surface area contributed by atoms with E-state index < -0.39 is 0 Å². The number of methoxy groups -OCH3 is 2. The minimum absolute atomic E-state index is 0.0745. The maximum Gasteiger partial charge on any atom is 0.308 e. The van der Waals surface area contributed by atoms with Crippen molar-refractivity contribution in [3.8, 4) is 5.75 Å². The number of ether oxygens (including phenoxy) is 2. The number of nitrogens with one attached hydrogen (secondary N) is 1. The Bertz CT molecular complexity index is 600. The Morgan fingerprint density at radius 2 is 1.96 bits per heavy atom. The molecule has 1 aliphatic heterocycles. The number of piperidine rings is 1. The molecule has 0 radical (unpaired) electrons. The molecule has 1 atom stereocenters. The van der Waals surface area contributed by atoms with Crippen LogP contribution in [0.25, 0.3) is 0 Å². The van der Waals surface area contributed by atoms with Crippen molar-refractivity contribution in [2.75, 3.05) is 32.6 Å². The standard InChI is InChI=1S/C17H23ClN2O4/c1-11(20-8-6-12(7-9-20)17(22)24-3)16(21)19-14-10-13(18)4-5-15(14)23-2/h4-5,10-12H,6-9H2,1-3H3,(H,19,21). The third-order valence-electron chi connectivity index (χ3n) is 4.41. The predicted octanol–water partition coefficient (Wildman–Crippen LogP) is 2.56. The molecule has 1 fully saturated rings. The van der Waals surface area contributed by atoms with Crippen molar-refractivity contribution in [3.63, 3.8) is 0 Å². The van der Waals surface area contributed by atoms with E-state index in [1.54, 1.807) is 25.3 Å². The number of nitrogens with zero attached hydrogens (tertiary/aromatic N) is 1. The van der Waals surface area contributed by atoms with Crippen molar-refractivity contribution in [1.82, 2.24) is 4.90 Å². The molecule has 1 heterocycles. The van der Waals surface area contributed by atoms with E-state index >= 15 is 0 Å². The van der Waals surface area contributed by atoms with Gasteiger partial charge in [-0.25, -0.2) is 0 Å². The summed E-state index contributed by atoms with van der Waals surface area (Å²) in [6.07, 6.45) is 1.40. The summed E-state index contributed by atoms with van der Waals surface area (Å²) in [6.45, 7) is 3.22. The second-order valence-corrected chi connectivity index (χ2v) is 6.28. The molecule has 6 nitrogen and oxygen atoms in total. The van der Waals surface area contributed by atoms with E-state index in [1.165, 1.54) is 7.11 Å². The number of rotatable bonds is 5. The molecule has 2 rings (SSSR count). The molecule has 1 aromatic rings. The van der Waals surface area contributed by atoms with Gasteiger partial charge in [-0.1, -0.05) is 11.6 Å². The van der Waals surface area contributed by atoms with E-state index in [0.717, 1.165) is 0 Å². The van der Waals surface area contributed by atoms with Gasteiger partial charge in [0.15, 0.2) is 0 Å². The van der Waals surface area contributed by atoms with Gasteiger partial charge in [-0.2, -0.15) is 0 Å². The fourth-order valence-electron chi connectivity index (χ4n) is 2.87. The van der Waals surface area contributed by atoms with Gasteiger partial charge in [0.25, 0.3) is 0 Å². The highest BCUT2D eigenvalue weighted by atomic mass is 35.5. The third kappa shape index (κ3) is 4.39. The number of carbonyl (C=O) groups excluding carboxylic acids is 2. The van der Waals surface area contributed by atoms with Crippen molar-refractivity contribution in [2.24, 2.45) is 5.92 Å². The summed E-state index contributed by atoms with van der Waals surface area (Å²) in [5.74, 6) is 0.182. The Kier molecular flexibility index (Phi) is 6.45. The molecule has 1 unspecified atom stereocenters. The largest absolute Gasteiger partial charge is 0.495 e. The molecular formula is C17H23ClN2O4. The monoisotopic (exact) mass is 354 g/mol. The maximum absolute atomic E-state index is 12.5. The van der Waals surface area contributed by atoms with Gasteiger partial charge < -0.3 is 14.8 Å². The average molecular weight is 355 g/mol. The lowest BCUT2D eigenvalue weighted by Gasteiger charge is -2.34. The molecule has 0 aliphatic carbocycles. The molecule has 1 amide bonds. The van der Waals surface area contributed by atoms with E-state index in [1.807, 2.05) is 6.92 Å². The molecule has 0 saturated carbocycles. The van der Waals surface area contributed by atoms with Crippen molar-refractivity contribution < 1.29 is 19.1 Å². The quantitative estimate of drug-likeness (QED) is 0.823. The number of hydrogen-bond donors (Lipinski definition) is 1. The number of likely N-dealkylation sites (tertiary alicyclic amines) is 1. The lowest BCUT2D eigenvalue weighted by atomic mass is 9.96. The van der Waals surface area contributed by atoms with Gasteiger partial charge in [0.2, 0.25) is 5.91 Å². The minimum Gasteiger partial charge on any atom is -0.495 e. The lowest BCUT2D eigenvalue weighted by Crippen LogP contribution is -2.47. The second-order valence-electron chi connectivity index (χ2n) is 5.84. The van der Waals surface area contributed by atoms with Crippen LogP contribution in [0.1, 0.15) is 19.8 Å². The Balaban J connectivity index is 1.96. The Morgan fingerprint density at radius 3 is 2.54 bits per heavy atom. The van der Waals surface area contributed by atoms with Gasteiger partial charge in [0.05, 0.1) is 31.9 Å². The highest BCUT2D eigenvalue weighted by molar-refractivity contribution is 6.31. The number of hydrogen-bond acceptors (Lipinski definition) is 5. The average Bonchev–Trinajstić information content (AvgIpc) is 2.60. The predicted molar refractivity (Wildman–Crippen MR) is 92.4 cm³/mol. The van der Waals surface area contributed by atoms with Gasteiger partial charge in [0, 0.05) is 5.02 Å². The van der Waals surface area contributed by atoms with Crippen LogP contribution < -0.4 is 10.1 Å². The van der Waals surface area contributed by atoms with Gasteiger partial charge >= 0.3 is 5.97 Å². The summed E-state index contributed by atoms with van der Waals surface area (Å²) in [5.41, 5.74) is 0.547. The zero-order valence-electron chi connectivity index (χ0n) is 14.2. The smallest absolute Gasteiger partial charge is 0.308 e.